The van der Waals surface area contributed by atoms with Gasteiger partial charge in [0.05, 0.1) is 25.1 Å². The molecule has 2 fully saturated rings. The first-order chi connectivity index (χ1) is 9.24. The molecule has 1 aliphatic carbocycles. The molecule has 2 aliphatic rings. The van der Waals surface area contributed by atoms with Gasteiger partial charge in [-0.05, 0) is 24.5 Å². The maximum Gasteiger partial charge on any atom is 0.227 e. The molecular weight excluding hydrogens is 242 g/mol. The Balaban J connectivity index is 1.60. The number of aromatic nitrogens is 1. The number of hydrogen-bond acceptors (Lipinski definition) is 4. The first-order valence-electron chi connectivity index (χ1n) is 6.83. The molecule has 2 heterocycles. The number of pyridine rings is 1. The summed E-state index contributed by atoms with van der Waals surface area (Å²) in [5.74, 6) is 1.79. The lowest BCUT2D eigenvalue weighted by Gasteiger charge is -2.27. The predicted molar refractivity (Wildman–Crippen MR) is 73.2 cm³/mol. The molecule has 19 heavy (non-hydrogen) atoms. The van der Waals surface area contributed by atoms with Crippen molar-refractivity contribution in [3.05, 3.63) is 18.3 Å². The normalized spacial score (nSPS) is 26.1. The highest BCUT2D eigenvalue weighted by Gasteiger charge is 2.39. The van der Waals surface area contributed by atoms with Gasteiger partial charge in [0.1, 0.15) is 5.82 Å². The van der Waals surface area contributed by atoms with E-state index in [9.17, 15) is 4.79 Å². The SMILES string of the molecule is C[C@H]1C[C@H]1C(=O)Nc1ccc(N2CCOCC2)nc1. The van der Waals surface area contributed by atoms with Crippen molar-refractivity contribution < 1.29 is 9.53 Å². The van der Waals surface area contributed by atoms with Crippen LogP contribution in [0.4, 0.5) is 11.5 Å². The van der Waals surface area contributed by atoms with Gasteiger partial charge in [-0.25, -0.2) is 4.98 Å². The number of nitrogens with zero attached hydrogens (tertiary/aromatic N) is 2. The number of anilines is 2. The second-order valence-corrected chi connectivity index (χ2v) is 5.31. The number of hydrogen-bond donors (Lipinski definition) is 1. The molecule has 1 N–H and O–H groups in total. The highest BCUT2D eigenvalue weighted by atomic mass is 16.5. The van der Waals surface area contributed by atoms with E-state index in [2.05, 4.69) is 22.1 Å². The lowest BCUT2D eigenvalue weighted by atomic mass is 10.3. The molecule has 0 spiro atoms. The molecular formula is C14H19N3O2. The molecule has 102 valence electrons. The van der Waals surface area contributed by atoms with E-state index in [0.29, 0.717) is 5.92 Å². The summed E-state index contributed by atoms with van der Waals surface area (Å²) in [5.41, 5.74) is 0.779. The monoisotopic (exact) mass is 261 g/mol. The Hall–Kier alpha value is -1.62. The van der Waals surface area contributed by atoms with Crippen LogP contribution in [0.3, 0.4) is 0 Å². The number of rotatable bonds is 3. The quantitative estimate of drug-likeness (QED) is 0.896. The van der Waals surface area contributed by atoms with Crippen LogP contribution < -0.4 is 10.2 Å². The Morgan fingerprint density at radius 1 is 1.42 bits per heavy atom. The number of carbonyl (C=O) groups excluding carboxylic acids is 1. The van der Waals surface area contributed by atoms with Crippen LogP contribution in [0, 0.1) is 11.8 Å². The van der Waals surface area contributed by atoms with Gasteiger partial charge in [-0.2, -0.15) is 0 Å². The summed E-state index contributed by atoms with van der Waals surface area (Å²) >= 11 is 0. The number of morpholine rings is 1. The summed E-state index contributed by atoms with van der Waals surface area (Å²) in [6.07, 6.45) is 2.74. The smallest absolute Gasteiger partial charge is 0.227 e. The van der Waals surface area contributed by atoms with Gasteiger partial charge < -0.3 is 15.0 Å². The average molecular weight is 261 g/mol. The summed E-state index contributed by atoms with van der Waals surface area (Å²) in [7, 11) is 0. The fourth-order valence-corrected chi connectivity index (χ4v) is 2.36. The molecule has 1 aromatic heterocycles. The summed E-state index contributed by atoms with van der Waals surface area (Å²) in [6.45, 7) is 5.35. The molecule has 2 atom stereocenters. The van der Waals surface area contributed by atoms with Crippen LogP contribution in [0.5, 0.6) is 0 Å². The molecule has 1 saturated heterocycles. The third-order valence-electron chi connectivity index (χ3n) is 3.80. The molecule has 1 aromatic rings. The minimum atomic E-state index is 0.119. The second kappa shape index (κ2) is 5.17. The lowest BCUT2D eigenvalue weighted by Crippen LogP contribution is -2.36. The van der Waals surface area contributed by atoms with Crippen LogP contribution in [-0.2, 0) is 9.53 Å². The molecule has 3 rings (SSSR count). The average Bonchev–Trinajstić information content (AvgIpc) is 3.18. The number of nitrogens with one attached hydrogen (secondary N) is 1. The Morgan fingerprint density at radius 3 is 2.74 bits per heavy atom. The van der Waals surface area contributed by atoms with Gasteiger partial charge in [-0.15, -0.1) is 0 Å². The van der Waals surface area contributed by atoms with Gasteiger partial charge >= 0.3 is 0 Å². The lowest BCUT2D eigenvalue weighted by molar-refractivity contribution is -0.117. The maximum absolute atomic E-state index is 11.8. The zero-order valence-electron chi connectivity index (χ0n) is 11.1. The maximum atomic E-state index is 11.8. The highest BCUT2D eigenvalue weighted by molar-refractivity contribution is 5.94. The molecule has 0 aromatic carbocycles. The fraction of sp³-hybridized carbons (Fsp3) is 0.571. The standard InChI is InChI=1S/C14H19N3O2/c1-10-8-12(10)14(18)16-11-2-3-13(15-9-11)17-4-6-19-7-5-17/h2-3,9-10,12H,4-8H2,1H3,(H,16,18)/t10-,12+/m0/s1. The van der Waals surface area contributed by atoms with Crippen LogP contribution in [0.25, 0.3) is 0 Å². The third kappa shape index (κ3) is 2.87. The van der Waals surface area contributed by atoms with Crippen LogP contribution in [0.1, 0.15) is 13.3 Å². The molecule has 5 heteroatoms. The van der Waals surface area contributed by atoms with Crippen LogP contribution in [-0.4, -0.2) is 37.2 Å². The van der Waals surface area contributed by atoms with Crippen molar-refractivity contribution in [3.8, 4) is 0 Å². The minimum absolute atomic E-state index is 0.119. The summed E-state index contributed by atoms with van der Waals surface area (Å²) < 4.78 is 5.31. The zero-order chi connectivity index (χ0) is 13.2. The zero-order valence-corrected chi connectivity index (χ0v) is 11.1. The first kappa shape index (κ1) is 12.4. The molecule has 1 amide bonds. The number of amides is 1. The van der Waals surface area contributed by atoms with E-state index in [4.69, 9.17) is 4.74 Å². The van der Waals surface area contributed by atoms with Gasteiger partial charge in [-0.1, -0.05) is 6.92 Å². The van der Waals surface area contributed by atoms with E-state index in [-0.39, 0.29) is 11.8 Å². The van der Waals surface area contributed by atoms with E-state index in [1.165, 1.54) is 0 Å². The van der Waals surface area contributed by atoms with Gasteiger partial charge in [0.25, 0.3) is 0 Å². The van der Waals surface area contributed by atoms with Crippen molar-refractivity contribution in [1.29, 1.82) is 0 Å². The van der Waals surface area contributed by atoms with Crippen molar-refractivity contribution in [2.45, 2.75) is 13.3 Å². The van der Waals surface area contributed by atoms with Crippen LogP contribution >= 0.6 is 0 Å². The fourth-order valence-electron chi connectivity index (χ4n) is 2.36. The predicted octanol–water partition coefficient (Wildman–Crippen LogP) is 1.51. The Kier molecular flexibility index (Phi) is 3.38. The van der Waals surface area contributed by atoms with Crippen molar-refractivity contribution >= 4 is 17.4 Å². The summed E-state index contributed by atoms with van der Waals surface area (Å²) in [6, 6.07) is 3.88. The largest absolute Gasteiger partial charge is 0.378 e. The van der Waals surface area contributed by atoms with Crippen molar-refractivity contribution in [1.82, 2.24) is 4.98 Å². The Bertz CT molecular complexity index is 454. The molecule has 1 saturated carbocycles. The van der Waals surface area contributed by atoms with Gasteiger partial charge in [-0.3, -0.25) is 4.79 Å². The molecule has 0 bridgehead atoms. The Labute approximate surface area is 113 Å². The van der Waals surface area contributed by atoms with Crippen molar-refractivity contribution in [2.24, 2.45) is 11.8 Å². The Morgan fingerprint density at radius 2 is 2.16 bits per heavy atom. The molecule has 0 radical (unpaired) electrons. The van der Waals surface area contributed by atoms with E-state index >= 15 is 0 Å². The van der Waals surface area contributed by atoms with Gasteiger partial charge in [0.2, 0.25) is 5.91 Å². The highest BCUT2D eigenvalue weighted by Crippen LogP contribution is 2.38. The second-order valence-electron chi connectivity index (χ2n) is 5.31. The third-order valence-corrected chi connectivity index (χ3v) is 3.80. The first-order valence-corrected chi connectivity index (χ1v) is 6.83. The molecule has 0 unspecified atom stereocenters. The van der Waals surface area contributed by atoms with Crippen molar-refractivity contribution in [3.63, 3.8) is 0 Å². The van der Waals surface area contributed by atoms with E-state index in [0.717, 1.165) is 44.2 Å². The number of carbonyl (C=O) groups is 1. The van der Waals surface area contributed by atoms with E-state index in [1.54, 1.807) is 6.20 Å². The van der Waals surface area contributed by atoms with E-state index in [1.807, 2.05) is 12.1 Å². The van der Waals surface area contributed by atoms with Crippen LogP contribution in [0.2, 0.25) is 0 Å². The van der Waals surface area contributed by atoms with Gasteiger partial charge in [0.15, 0.2) is 0 Å². The number of ether oxygens (including phenoxy) is 1. The summed E-state index contributed by atoms with van der Waals surface area (Å²) in [5, 5.41) is 2.92. The van der Waals surface area contributed by atoms with Gasteiger partial charge in [0, 0.05) is 19.0 Å². The van der Waals surface area contributed by atoms with Crippen LogP contribution in [0.15, 0.2) is 18.3 Å². The minimum Gasteiger partial charge on any atom is -0.378 e. The van der Waals surface area contributed by atoms with E-state index < -0.39 is 0 Å². The topological polar surface area (TPSA) is 54.5 Å². The molecule has 5 nitrogen and oxygen atoms in total. The van der Waals surface area contributed by atoms with Crippen molar-refractivity contribution in [2.75, 3.05) is 36.5 Å². The molecule has 1 aliphatic heterocycles. The summed E-state index contributed by atoms with van der Waals surface area (Å²) in [4.78, 5) is 18.4.